The Hall–Kier alpha value is -3.91. The van der Waals surface area contributed by atoms with Crippen LogP contribution in [-0.4, -0.2) is 74.9 Å². The van der Waals surface area contributed by atoms with E-state index >= 15 is 0 Å². The van der Waals surface area contributed by atoms with Crippen molar-refractivity contribution in [2.75, 3.05) is 19.6 Å². The Labute approximate surface area is 250 Å². The van der Waals surface area contributed by atoms with Crippen molar-refractivity contribution < 1.29 is 45.5 Å². The molecule has 1 fully saturated rings. The number of likely N-dealkylation sites (tertiary alicyclic amines) is 1. The number of alkyl carbamates (subject to hydrolysis) is 1. The van der Waals surface area contributed by atoms with E-state index in [0.717, 1.165) is 4.90 Å². The van der Waals surface area contributed by atoms with Gasteiger partial charge in [0.2, 0.25) is 11.8 Å². The first-order valence-electron chi connectivity index (χ1n) is 14.0. The third kappa shape index (κ3) is 8.82. The molecule has 2 aromatic rings. The summed E-state index contributed by atoms with van der Waals surface area (Å²) in [5, 5.41) is 2.48. The third-order valence-electron chi connectivity index (χ3n) is 7.07. The topological polar surface area (TPSA) is 105 Å². The van der Waals surface area contributed by atoms with Crippen molar-refractivity contribution in [3.8, 4) is 0 Å². The van der Waals surface area contributed by atoms with E-state index in [0.29, 0.717) is 5.56 Å². The average molecular weight is 630 g/mol. The number of amides is 3. The van der Waals surface area contributed by atoms with Crippen LogP contribution in [0.15, 0.2) is 24.3 Å². The number of nitrogens with zero attached hydrogens (tertiary/aromatic N) is 4. The molecule has 1 aromatic carbocycles. The van der Waals surface area contributed by atoms with E-state index in [4.69, 9.17) is 4.74 Å². The smallest absolute Gasteiger partial charge is 0.433 e. The van der Waals surface area contributed by atoms with E-state index < -0.39 is 85.5 Å². The number of alkyl halides is 5. The second-order valence-electron chi connectivity index (χ2n) is 12.0. The van der Waals surface area contributed by atoms with Crippen LogP contribution >= 0.6 is 0 Å². The second kappa shape index (κ2) is 12.6. The summed E-state index contributed by atoms with van der Waals surface area (Å²) < 4.78 is 88.6. The van der Waals surface area contributed by atoms with Gasteiger partial charge in [0.15, 0.2) is 5.69 Å². The lowest BCUT2D eigenvalue weighted by Gasteiger charge is -2.36. The Balaban J connectivity index is 1.54. The van der Waals surface area contributed by atoms with Gasteiger partial charge in [-0.2, -0.15) is 13.2 Å². The van der Waals surface area contributed by atoms with Crippen molar-refractivity contribution in [3.63, 3.8) is 0 Å². The molecule has 1 saturated heterocycles. The highest BCUT2D eigenvalue weighted by Gasteiger charge is 2.41. The number of carbonyl (C=O) groups is 3. The molecule has 1 aromatic heterocycles. The molecule has 2 aliphatic heterocycles. The van der Waals surface area contributed by atoms with Gasteiger partial charge in [0.05, 0.1) is 24.8 Å². The van der Waals surface area contributed by atoms with Gasteiger partial charge < -0.3 is 19.9 Å². The number of piperidine rings is 1. The lowest BCUT2D eigenvalue weighted by atomic mass is 10.0. The van der Waals surface area contributed by atoms with Crippen LogP contribution in [0.3, 0.4) is 0 Å². The van der Waals surface area contributed by atoms with Crippen molar-refractivity contribution in [2.24, 2.45) is 0 Å². The first-order valence-corrected chi connectivity index (χ1v) is 14.0. The van der Waals surface area contributed by atoms with Gasteiger partial charge in [0.25, 0.3) is 5.92 Å². The van der Waals surface area contributed by atoms with E-state index in [9.17, 15) is 40.7 Å². The summed E-state index contributed by atoms with van der Waals surface area (Å²) >= 11 is 0. The second-order valence-corrected chi connectivity index (χ2v) is 12.0. The maximum Gasteiger partial charge on any atom is 0.433 e. The number of fused-ring (bicyclic) bond motifs is 1. The molecule has 0 bridgehead atoms. The third-order valence-corrected chi connectivity index (χ3v) is 7.07. The van der Waals surface area contributed by atoms with Gasteiger partial charge in [0, 0.05) is 44.3 Å². The summed E-state index contributed by atoms with van der Waals surface area (Å²) in [5.41, 5.74) is -1.69. The van der Waals surface area contributed by atoms with E-state index in [1.54, 1.807) is 20.8 Å². The van der Waals surface area contributed by atoms with E-state index in [-0.39, 0.29) is 43.0 Å². The van der Waals surface area contributed by atoms with Gasteiger partial charge >= 0.3 is 12.3 Å². The monoisotopic (exact) mass is 629 g/mol. The molecule has 0 saturated carbocycles. The van der Waals surface area contributed by atoms with Gasteiger partial charge in [-0.15, -0.1) is 0 Å². The molecule has 1 atom stereocenters. The minimum absolute atomic E-state index is 0.00783. The van der Waals surface area contributed by atoms with Gasteiger partial charge in [-0.3, -0.25) is 9.59 Å². The molecule has 0 unspecified atom stereocenters. The first kappa shape index (κ1) is 33.0. The van der Waals surface area contributed by atoms with Crippen LogP contribution in [0.25, 0.3) is 0 Å². The summed E-state index contributed by atoms with van der Waals surface area (Å²) in [6.07, 6.45) is -7.47. The van der Waals surface area contributed by atoms with Crippen molar-refractivity contribution in [2.45, 2.75) is 83.2 Å². The number of ether oxygens (including phenoxy) is 1. The predicted octanol–water partition coefficient (Wildman–Crippen LogP) is 4.65. The summed E-state index contributed by atoms with van der Waals surface area (Å²) in [5.74, 6) is -4.96. The lowest BCUT2D eigenvalue weighted by Crippen LogP contribution is -2.53. The Morgan fingerprint density at radius 2 is 1.77 bits per heavy atom. The Bertz CT molecular complexity index is 1390. The van der Waals surface area contributed by atoms with Crippen LogP contribution < -0.4 is 5.32 Å². The zero-order valence-electron chi connectivity index (χ0n) is 24.4. The standard InChI is InChI=1S/C29H33F6N5O4/c1-27(2,3)44-26(43)36-19(14-40-16-28(31,32)10-8-23(40)41)13-24(42)39-11-9-20-21(15-39)37-22(38-25(20)29(33,34)35)12-17-4-6-18(30)7-5-17/h4-7,19H,8-16H2,1-3H3,(H,36,43)/t19-/m0/s1. The average Bonchev–Trinajstić information content (AvgIpc) is 2.89. The van der Waals surface area contributed by atoms with Crippen molar-refractivity contribution >= 4 is 17.9 Å². The predicted molar refractivity (Wildman–Crippen MR) is 144 cm³/mol. The molecule has 0 radical (unpaired) electrons. The van der Waals surface area contributed by atoms with Crippen LogP contribution in [0.1, 0.15) is 68.4 Å². The maximum atomic E-state index is 14.1. The van der Waals surface area contributed by atoms with Crippen LogP contribution in [0.4, 0.5) is 31.1 Å². The van der Waals surface area contributed by atoms with Crippen LogP contribution in [-0.2, 0) is 39.9 Å². The zero-order valence-corrected chi connectivity index (χ0v) is 24.4. The molecule has 3 heterocycles. The van der Waals surface area contributed by atoms with Gasteiger partial charge in [-0.25, -0.2) is 27.9 Å². The van der Waals surface area contributed by atoms with E-state index in [2.05, 4.69) is 15.3 Å². The summed E-state index contributed by atoms with van der Waals surface area (Å²) in [4.78, 5) is 48.5. The quantitative estimate of drug-likeness (QED) is 0.448. The molecule has 2 aliphatic rings. The SMILES string of the molecule is CC(C)(C)OC(=O)N[C@@H](CC(=O)N1CCc2c(nc(Cc3ccc(F)cc3)nc2C(F)(F)F)C1)CN1CC(F)(F)CCC1=O. The fourth-order valence-corrected chi connectivity index (χ4v) is 5.09. The molecule has 0 spiro atoms. The molecule has 240 valence electrons. The Kier molecular flexibility index (Phi) is 9.45. The number of hydrogen-bond donors (Lipinski definition) is 1. The summed E-state index contributed by atoms with van der Waals surface area (Å²) in [6.45, 7) is 3.13. The number of halogens is 6. The molecule has 44 heavy (non-hydrogen) atoms. The minimum Gasteiger partial charge on any atom is -0.444 e. The number of nitrogens with one attached hydrogen (secondary N) is 1. The molecule has 1 N–H and O–H groups in total. The Morgan fingerprint density at radius 1 is 1.09 bits per heavy atom. The zero-order chi connectivity index (χ0) is 32.4. The fraction of sp³-hybridized carbons (Fsp3) is 0.552. The molecular formula is C29H33F6N5O4. The number of benzene rings is 1. The number of carbonyl (C=O) groups excluding carboxylic acids is 3. The van der Waals surface area contributed by atoms with Gasteiger partial charge in [-0.1, -0.05) is 12.1 Å². The van der Waals surface area contributed by atoms with Crippen molar-refractivity contribution in [1.29, 1.82) is 0 Å². The summed E-state index contributed by atoms with van der Waals surface area (Å²) in [7, 11) is 0. The van der Waals surface area contributed by atoms with E-state index in [1.165, 1.54) is 29.2 Å². The first-order chi connectivity index (χ1) is 20.4. The minimum atomic E-state index is -4.79. The van der Waals surface area contributed by atoms with Crippen LogP contribution in [0.2, 0.25) is 0 Å². The maximum absolute atomic E-state index is 14.1. The number of hydrogen-bond acceptors (Lipinski definition) is 6. The van der Waals surface area contributed by atoms with Gasteiger partial charge in [0.1, 0.15) is 17.2 Å². The molecule has 9 nitrogen and oxygen atoms in total. The lowest BCUT2D eigenvalue weighted by molar-refractivity contribution is -0.148. The van der Waals surface area contributed by atoms with Crippen molar-refractivity contribution in [3.05, 3.63) is 58.4 Å². The Morgan fingerprint density at radius 3 is 2.41 bits per heavy atom. The van der Waals surface area contributed by atoms with Crippen LogP contribution in [0, 0.1) is 5.82 Å². The molecule has 4 rings (SSSR count). The number of rotatable bonds is 7. The largest absolute Gasteiger partial charge is 0.444 e. The van der Waals surface area contributed by atoms with Gasteiger partial charge in [-0.05, 0) is 44.9 Å². The molecule has 3 amide bonds. The van der Waals surface area contributed by atoms with Crippen molar-refractivity contribution in [1.82, 2.24) is 25.1 Å². The van der Waals surface area contributed by atoms with E-state index in [1.807, 2.05) is 0 Å². The normalized spacial score (nSPS) is 17.6. The highest BCUT2D eigenvalue weighted by atomic mass is 19.4. The highest BCUT2D eigenvalue weighted by molar-refractivity contribution is 5.79. The molecule has 0 aliphatic carbocycles. The fourth-order valence-electron chi connectivity index (χ4n) is 5.09. The molecule has 15 heteroatoms. The van der Waals surface area contributed by atoms with Crippen LogP contribution in [0.5, 0.6) is 0 Å². The highest BCUT2D eigenvalue weighted by Crippen LogP contribution is 2.34. The molecular weight excluding hydrogens is 596 g/mol. The summed E-state index contributed by atoms with van der Waals surface area (Å²) in [6, 6.07) is 4.02. The number of aromatic nitrogens is 2.